The molecule has 0 radical (unpaired) electrons. The van der Waals surface area contributed by atoms with Crippen LogP contribution < -0.4 is 4.72 Å². The van der Waals surface area contributed by atoms with E-state index in [0.29, 0.717) is 6.04 Å². The highest BCUT2D eigenvalue weighted by Crippen LogP contribution is 2.20. The zero-order valence-electron chi connectivity index (χ0n) is 11.2. The van der Waals surface area contributed by atoms with E-state index < -0.39 is 0 Å². The molecule has 0 heterocycles. The van der Waals surface area contributed by atoms with E-state index >= 15 is 0 Å². The number of allylic oxidation sites excluding steroid dienone is 4. The molecule has 0 bridgehead atoms. The zero-order valence-corrected chi connectivity index (χ0v) is 13.6. The molecule has 3 heteroatoms. The topological polar surface area (TPSA) is 12.0 Å². The van der Waals surface area contributed by atoms with Gasteiger partial charge in [-0.05, 0) is 68.8 Å². The standard InChI is InChI=1S/C16H20BrNS/c1-13(7-8-14-5-3-2-4-6-14)18-19-16-11-9-15(17)10-12-16/h3,5-6,9-13,18H,2,4,7-8H2,1H3. The summed E-state index contributed by atoms with van der Waals surface area (Å²) in [4.78, 5) is 1.26. The van der Waals surface area contributed by atoms with Crippen molar-refractivity contribution in [1.29, 1.82) is 0 Å². The van der Waals surface area contributed by atoms with Crippen molar-refractivity contribution >= 4 is 27.9 Å². The molecule has 0 saturated carbocycles. The van der Waals surface area contributed by atoms with Gasteiger partial charge >= 0.3 is 0 Å². The molecule has 2 rings (SSSR count). The fourth-order valence-electron chi connectivity index (χ4n) is 1.97. The maximum Gasteiger partial charge on any atom is 0.0228 e. The molecule has 0 spiro atoms. The van der Waals surface area contributed by atoms with Crippen molar-refractivity contribution in [1.82, 2.24) is 4.72 Å². The third-order valence-electron chi connectivity index (χ3n) is 3.13. The van der Waals surface area contributed by atoms with Gasteiger partial charge in [0.15, 0.2) is 0 Å². The first kappa shape index (κ1) is 14.9. The van der Waals surface area contributed by atoms with Crippen LogP contribution in [0, 0.1) is 0 Å². The normalized spacial score (nSPS) is 16.2. The van der Waals surface area contributed by atoms with E-state index in [2.05, 4.69) is 70.1 Å². The van der Waals surface area contributed by atoms with E-state index in [9.17, 15) is 0 Å². The molecule has 19 heavy (non-hydrogen) atoms. The lowest BCUT2D eigenvalue weighted by Gasteiger charge is -2.14. The van der Waals surface area contributed by atoms with Crippen LogP contribution in [0.15, 0.2) is 57.4 Å². The van der Waals surface area contributed by atoms with Crippen molar-refractivity contribution in [3.63, 3.8) is 0 Å². The number of hydrogen-bond donors (Lipinski definition) is 1. The summed E-state index contributed by atoms with van der Waals surface area (Å²) in [5, 5.41) is 0. The summed E-state index contributed by atoms with van der Waals surface area (Å²) in [7, 11) is 0. The molecular formula is C16H20BrNS. The number of benzene rings is 1. The van der Waals surface area contributed by atoms with Crippen LogP contribution in [0.3, 0.4) is 0 Å². The first-order valence-corrected chi connectivity index (χ1v) is 8.38. The number of nitrogens with one attached hydrogen (secondary N) is 1. The molecule has 1 aromatic carbocycles. The zero-order chi connectivity index (χ0) is 13.5. The molecule has 1 aliphatic carbocycles. The Labute approximate surface area is 128 Å². The molecule has 1 aromatic rings. The molecule has 102 valence electrons. The van der Waals surface area contributed by atoms with Gasteiger partial charge in [0.25, 0.3) is 0 Å². The van der Waals surface area contributed by atoms with Crippen LogP contribution in [-0.4, -0.2) is 6.04 Å². The van der Waals surface area contributed by atoms with Crippen molar-refractivity contribution < 1.29 is 0 Å². The Kier molecular flexibility index (Phi) is 6.21. The Morgan fingerprint density at radius 1 is 1.26 bits per heavy atom. The molecule has 0 amide bonds. The molecule has 1 aliphatic rings. The van der Waals surface area contributed by atoms with Gasteiger partial charge in [0.1, 0.15) is 0 Å². The minimum absolute atomic E-state index is 0.518. The van der Waals surface area contributed by atoms with Crippen LogP contribution in [0.5, 0.6) is 0 Å². The average molecular weight is 338 g/mol. The van der Waals surface area contributed by atoms with Gasteiger partial charge in [0, 0.05) is 15.4 Å². The summed E-state index contributed by atoms with van der Waals surface area (Å²) >= 11 is 5.17. The van der Waals surface area contributed by atoms with Crippen molar-refractivity contribution in [2.24, 2.45) is 0 Å². The number of hydrogen-bond acceptors (Lipinski definition) is 2. The van der Waals surface area contributed by atoms with Gasteiger partial charge in [0.05, 0.1) is 0 Å². The second-order valence-electron chi connectivity index (χ2n) is 4.87. The fraction of sp³-hybridized carbons (Fsp3) is 0.375. The van der Waals surface area contributed by atoms with Gasteiger partial charge in [-0.15, -0.1) is 0 Å². The van der Waals surface area contributed by atoms with Crippen molar-refractivity contribution in [3.05, 3.63) is 52.5 Å². The highest BCUT2D eigenvalue weighted by atomic mass is 79.9. The Morgan fingerprint density at radius 2 is 2.05 bits per heavy atom. The SMILES string of the molecule is CC(CCC1=CCCC=C1)NSc1ccc(Br)cc1. The van der Waals surface area contributed by atoms with Crippen molar-refractivity contribution in [2.45, 2.75) is 43.5 Å². The molecule has 0 aliphatic heterocycles. The van der Waals surface area contributed by atoms with E-state index in [1.165, 1.54) is 36.2 Å². The summed E-state index contributed by atoms with van der Waals surface area (Å²) in [6.07, 6.45) is 11.7. The lowest BCUT2D eigenvalue weighted by atomic mass is 10.0. The van der Waals surface area contributed by atoms with E-state index in [0.717, 1.165) is 4.47 Å². The first-order chi connectivity index (χ1) is 9.24. The second kappa shape index (κ2) is 7.93. The molecule has 1 unspecified atom stereocenters. The molecule has 0 fully saturated rings. The summed E-state index contributed by atoms with van der Waals surface area (Å²) < 4.78 is 4.63. The first-order valence-electron chi connectivity index (χ1n) is 6.77. The van der Waals surface area contributed by atoms with E-state index in [-0.39, 0.29) is 0 Å². The third kappa shape index (κ3) is 5.55. The van der Waals surface area contributed by atoms with Crippen molar-refractivity contribution in [2.75, 3.05) is 0 Å². The summed E-state index contributed by atoms with van der Waals surface area (Å²) in [6.45, 7) is 2.25. The van der Waals surface area contributed by atoms with Crippen LogP contribution in [0.1, 0.15) is 32.6 Å². The van der Waals surface area contributed by atoms with E-state index in [1.54, 1.807) is 11.9 Å². The van der Waals surface area contributed by atoms with E-state index in [4.69, 9.17) is 0 Å². The Morgan fingerprint density at radius 3 is 2.74 bits per heavy atom. The van der Waals surface area contributed by atoms with Crippen molar-refractivity contribution in [3.8, 4) is 0 Å². The number of halogens is 1. The van der Waals surface area contributed by atoms with Gasteiger partial charge in [-0.2, -0.15) is 0 Å². The van der Waals surface area contributed by atoms with Gasteiger partial charge in [-0.1, -0.05) is 39.7 Å². The fourth-order valence-corrected chi connectivity index (χ4v) is 2.96. The van der Waals surface area contributed by atoms with Crippen LogP contribution in [-0.2, 0) is 0 Å². The predicted octanol–water partition coefficient (Wildman–Crippen LogP) is 5.49. The largest absolute Gasteiger partial charge is 0.257 e. The predicted molar refractivity (Wildman–Crippen MR) is 88.3 cm³/mol. The highest BCUT2D eigenvalue weighted by Gasteiger charge is 2.04. The van der Waals surface area contributed by atoms with Crippen LogP contribution in [0.2, 0.25) is 0 Å². The molecule has 1 nitrogen and oxygen atoms in total. The molecular weight excluding hydrogens is 318 g/mol. The van der Waals surface area contributed by atoms with Crippen LogP contribution in [0.4, 0.5) is 0 Å². The highest BCUT2D eigenvalue weighted by molar-refractivity contribution is 9.10. The van der Waals surface area contributed by atoms with Gasteiger partial charge < -0.3 is 0 Å². The van der Waals surface area contributed by atoms with Gasteiger partial charge in [-0.25, -0.2) is 0 Å². The van der Waals surface area contributed by atoms with E-state index in [1.807, 2.05) is 0 Å². The third-order valence-corrected chi connectivity index (χ3v) is 4.69. The Balaban J connectivity index is 1.69. The van der Waals surface area contributed by atoms with Crippen LogP contribution >= 0.6 is 27.9 Å². The van der Waals surface area contributed by atoms with Gasteiger partial charge in [0.2, 0.25) is 0 Å². The molecule has 0 saturated heterocycles. The molecule has 0 aromatic heterocycles. The monoisotopic (exact) mass is 337 g/mol. The Hall–Kier alpha value is -0.510. The smallest absolute Gasteiger partial charge is 0.0228 e. The van der Waals surface area contributed by atoms with Crippen LogP contribution in [0.25, 0.3) is 0 Å². The minimum Gasteiger partial charge on any atom is -0.257 e. The lowest BCUT2D eigenvalue weighted by Crippen LogP contribution is -2.18. The minimum atomic E-state index is 0.518. The summed E-state index contributed by atoms with van der Waals surface area (Å²) in [6, 6.07) is 8.92. The maximum atomic E-state index is 3.51. The molecule has 1 atom stereocenters. The number of rotatable bonds is 6. The Bertz CT molecular complexity index is 450. The summed E-state index contributed by atoms with van der Waals surface area (Å²) in [5.74, 6) is 0. The second-order valence-corrected chi connectivity index (χ2v) is 6.70. The lowest BCUT2D eigenvalue weighted by molar-refractivity contribution is 0.628. The summed E-state index contributed by atoms with van der Waals surface area (Å²) in [5.41, 5.74) is 1.49. The average Bonchev–Trinajstić information content (AvgIpc) is 2.45. The maximum absolute atomic E-state index is 3.51. The molecule has 1 N–H and O–H groups in total. The van der Waals surface area contributed by atoms with Gasteiger partial charge in [-0.3, -0.25) is 4.72 Å². The quantitative estimate of drug-likeness (QED) is 0.688.